The fraction of sp³-hybridized carbons (Fsp3) is 0.583. The van der Waals surface area contributed by atoms with Gasteiger partial charge in [0.15, 0.2) is 19.7 Å². The largest absolute Gasteiger partial charge is 0.453 e. The lowest BCUT2D eigenvalue weighted by atomic mass is 10.0. The first-order valence-corrected chi connectivity index (χ1v) is 19.5. The van der Waals surface area contributed by atoms with Gasteiger partial charge in [0, 0.05) is 24.2 Å². The number of nitrogens with zero attached hydrogens (tertiary/aromatic N) is 2. The molecule has 2 amide bonds. The van der Waals surface area contributed by atoms with E-state index in [0.717, 1.165) is 31.1 Å². The van der Waals surface area contributed by atoms with Crippen molar-refractivity contribution in [3.63, 3.8) is 0 Å². The van der Waals surface area contributed by atoms with E-state index in [2.05, 4.69) is 0 Å². The molecule has 0 aliphatic carbocycles. The molecule has 16 heteroatoms. The molecule has 0 saturated carbocycles. The van der Waals surface area contributed by atoms with Crippen molar-refractivity contribution in [2.24, 2.45) is 0 Å². The number of hydrogen-bond donors (Lipinski definition) is 0. The maximum atomic E-state index is 13.2. The van der Waals surface area contributed by atoms with Crippen molar-refractivity contribution in [3.8, 4) is 0 Å². The number of sulfone groups is 2. The van der Waals surface area contributed by atoms with Crippen molar-refractivity contribution < 1.29 is 35.9 Å². The summed E-state index contributed by atoms with van der Waals surface area (Å²) < 4.78 is 64.6. The quantitative estimate of drug-likeness (QED) is 0.324. The van der Waals surface area contributed by atoms with Gasteiger partial charge in [-0.05, 0) is 74.3 Å². The van der Waals surface area contributed by atoms with Crippen molar-refractivity contribution in [2.45, 2.75) is 80.0 Å². The Balaban J connectivity index is 1.66. The van der Waals surface area contributed by atoms with E-state index < -0.39 is 54.4 Å². The van der Waals surface area contributed by atoms with Crippen molar-refractivity contribution in [1.29, 1.82) is 0 Å². The van der Waals surface area contributed by atoms with Crippen molar-refractivity contribution in [1.82, 2.24) is 9.80 Å². The van der Waals surface area contributed by atoms with E-state index >= 15 is 0 Å². The van der Waals surface area contributed by atoms with Crippen LogP contribution >= 0.6 is 44.3 Å². The lowest BCUT2D eigenvalue weighted by molar-refractivity contribution is 0.103. The molecular weight excluding hydrogens is 637 g/mol. The highest BCUT2D eigenvalue weighted by atomic mass is 33.1. The second-order valence-electron chi connectivity index (χ2n) is 9.51. The molecule has 222 valence electrons. The topological polar surface area (TPSA) is 127 Å². The first kappa shape index (κ1) is 31.5. The maximum Gasteiger partial charge on any atom is 0.409 e. The van der Waals surface area contributed by atoms with Crippen molar-refractivity contribution in [3.05, 3.63) is 23.3 Å². The number of carbonyl (C=O) groups is 2. The molecule has 0 radical (unpaired) electrons. The molecule has 4 atom stereocenters. The van der Waals surface area contributed by atoms with Crippen LogP contribution in [-0.2, 0) is 29.1 Å². The molecule has 2 aliphatic heterocycles. The number of rotatable bonds is 7. The molecule has 2 aromatic heterocycles. The average Bonchev–Trinajstić information content (AvgIpc) is 3.55. The zero-order valence-electron chi connectivity index (χ0n) is 22.9. The number of fused-ring (bicyclic) bond motifs is 2. The lowest BCUT2D eigenvalue weighted by Gasteiger charge is -2.34. The Hall–Kier alpha value is -1.46. The summed E-state index contributed by atoms with van der Waals surface area (Å²) in [6.07, 6.45) is -0.478. The zero-order valence-corrected chi connectivity index (χ0v) is 27.8. The second-order valence-corrected chi connectivity index (χ2v) is 19.5. The Kier molecular flexibility index (Phi) is 9.47. The number of carbonyl (C=O) groups excluding carboxylic acids is 2. The molecule has 2 aromatic rings. The lowest BCUT2D eigenvalue weighted by Crippen LogP contribution is -2.40. The summed E-state index contributed by atoms with van der Waals surface area (Å²) in [6.45, 7) is 7.68. The summed E-state index contributed by atoms with van der Waals surface area (Å²) in [6, 6.07) is 2.76. The van der Waals surface area contributed by atoms with Gasteiger partial charge in [0.05, 0.1) is 45.2 Å². The van der Waals surface area contributed by atoms with Gasteiger partial charge < -0.3 is 19.3 Å². The second kappa shape index (κ2) is 12.0. The Morgan fingerprint density at radius 3 is 1.45 bits per heavy atom. The van der Waals surface area contributed by atoms with Crippen LogP contribution in [-0.4, -0.2) is 76.6 Å². The third kappa shape index (κ3) is 5.51. The van der Waals surface area contributed by atoms with Crippen LogP contribution < -0.4 is 0 Å². The fourth-order valence-corrected chi connectivity index (χ4v) is 15.2. The van der Waals surface area contributed by atoms with Gasteiger partial charge in [0.1, 0.15) is 8.42 Å². The van der Waals surface area contributed by atoms with Gasteiger partial charge in [-0.15, -0.1) is 22.7 Å². The standard InChI is InChI=1S/C24H32N2O8S6/c1-7-25(23(27)33-5)17-9-13(3)39(29,30)21-15(17)11-19(35-21)37-38-20-12-16-18(26(8-2)24(28)34-6)10-14(4)40(31,32)22(16)36-20/h11-14,17-18H,7-10H2,1-6H3/t13-,14-,17-,18-/m0/s1. The molecule has 0 saturated heterocycles. The molecule has 2 aliphatic rings. The third-order valence-electron chi connectivity index (χ3n) is 7.27. The van der Waals surface area contributed by atoms with Gasteiger partial charge >= 0.3 is 12.2 Å². The minimum Gasteiger partial charge on any atom is -0.453 e. The minimum absolute atomic E-state index is 0.250. The molecule has 0 N–H and O–H groups in total. The highest BCUT2D eigenvalue weighted by molar-refractivity contribution is 8.77. The zero-order chi connectivity index (χ0) is 29.6. The van der Waals surface area contributed by atoms with Crippen LogP contribution in [0.1, 0.15) is 63.7 Å². The number of ether oxygens (including phenoxy) is 2. The van der Waals surface area contributed by atoms with E-state index in [0.29, 0.717) is 24.2 Å². The molecule has 0 unspecified atom stereocenters. The minimum atomic E-state index is -3.55. The molecule has 0 bridgehead atoms. The first-order valence-electron chi connectivity index (χ1n) is 12.6. The van der Waals surface area contributed by atoms with E-state index in [1.54, 1.807) is 23.6 Å². The highest BCUT2D eigenvalue weighted by Gasteiger charge is 2.43. The molecular formula is C24H32N2O8S6. The van der Waals surface area contributed by atoms with Gasteiger partial charge in [-0.25, -0.2) is 26.4 Å². The summed E-state index contributed by atoms with van der Waals surface area (Å²) in [5, 5.41) is -1.31. The summed E-state index contributed by atoms with van der Waals surface area (Å²) in [5.41, 5.74) is 1.16. The molecule has 4 rings (SSSR count). The molecule has 0 fully saturated rings. The molecule has 40 heavy (non-hydrogen) atoms. The van der Waals surface area contributed by atoms with Gasteiger partial charge in [0.25, 0.3) is 0 Å². The Labute approximate surface area is 251 Å². The van der Waals surface area contributed by atoms with Gasteiger partial charge in [0.2, 0.25) is 0 Å². The van der Waals surface area contributed by atoms with E-state index in [4.69, 9.17) is 9.47 Å². The van der Waals surface area contributed by atoms with E-state index in [1.807, 2.05) is 26.0 Å². The first-order chi connectivity index (χ1) is 18.8. The van der Waals surface area contributed by atoms with E-state index in [9.17, 15) is 26.4 Å². The summed E-state index contributed by atoms with van der Waals surface area (Å²) in [5.74, 6) is 0. The van der Waals surface area contributed by atoms with Crippen LogP contribution in [0.25, 0.3) is 0 Å². The van der Waals surface area contributed by atoms with Crippen molar-refractivity contribution in [2.75, 3.05) is 27.3 Å². The van der Waals surface area contributed by atoms with Crippen LogP contribution in [0.4, 0.5) is 9.59 Å². The highest BCUT2D eigenvalue weighted by Crippen LogP contribution is 2.53. The number of hydrogen-bond acceptors (Lipinski definition) is 12. The summed E-state index contributed by atoms with van der Waals surface area (Å²) in [7, 11) is -1.82. The van der Waals surface area contributed by atoms with Crippen LogP contribution in [0.3, 0.4) is 0 Å². The normalized spacial score (nSPS) is 24.4. The van der Waals surface area contributed by atoms with Gasteiger partial charge in [-0.3, -0.25) is 0 Å². The van der Waals surface area contributed by atoms with Crippen LogP contribution in [0, 0.1) is 0 Å². The molecule has 0 aromatic carbocycles. The third-order valence-corrected chi connectivity index (χ3v) is 18.3. The van der Waals surface area contributed by atoms with Crippen LogP contribution in [0.2, 0.25) is 0 Å². The average molecular weight is 669 g/mol. The summed E-state index contributed by atoms with van der Waals surface area (Å²) >= 11 is 2.32. The Morgan fingerprint density at radius 1 is 0.800 bits per heavy atom. The number of amides is 2. The molecule has 10 nitrogen and oxygen atoms in total. The maximum absolute atomic E-state index is 13.2. The monoisotopic (exact) mass is 668 g/mol. The van der Waals surface area contributed by atoms with Gasteiger partial charge in [-0.2, -0.15) is 0 Å². The van der Waals surface area contributed by atoms with E-state index in [1.165, 1.54) is 35.8 Å². The predicted molar refractivity (Wildman–Crippen MR) is 158 cm³/mol. The Bertz CT molecular complexity index is 1390. The van der Waals surface area contributed by atoms with Gasteiger partial charge in [-0.1, -0.05) is 0 Å². The fourth-order valence-electron chi connectivity index (χ4n) is 5.08. The number of methoxy groups -OCH3 is 2. The van der Waals surface area contributed by atoms with Crippen LogP contribution in [0.15, 0.2) is 29.0 Å². The molecule has 4 heterocycles. The van der Waals surface area contributed by atoms with E-state index in [-0.39, 0.29) is 21.3 Å². The van der Waals surface area contributed by atoms with Crippen LogP contribution in [0.5, 0.6) is 0 Å². The summed E-state index contributed by atoms with van der Waals surface area (Å²) in [4.78, 5) is 28.0. The molecule has 0 spiro atoms. The smallest absolute Gasteiger partial charge is 0.409 e. The number of thiophene rings is 2. The van der Waals surface area contributed by atoms with Crippen molar-refractivity contribution >= 4 is 76.1 Å². The Morgan fingerprint density at radius 2 is 1.15 bits per heavy atom. The predicted octanol–water partition coefficient (Wildman–Crippen LogP) is 6.00. The SMILES string of the molecule is CCN(C(=O)OC)[C@H]1C[C@H](C)S(=O)(=O)c2sc(SSc3cc4c(s3)S(=O)(=O)[C@@H](C)C[C@@H]4N(CC)C(=O)OC)cc21.